The molecule has 1 aromatic rings. The van der Waals surface area contributed by atoms with E-state index >= 15 is 0 Å². The molecule has 0 bridgehead atoms. The summed E-state index contributed by atoms with van der Waals surface area (Å²) < 4.78 is 0. The van der Waals surface area contributed by atoms with Crippen molar-refractivity contribution in [2.24, 2.45) is 0 Å². The molecule has 13 heavy (non-hydrogen) atoms. The van der Waals surface area contributed by atoms with Gasteiger partial charge in [0, 0.05) is 6.20 Å². The van der Waals surface area contributed by atoms with Gasteiger partial charge in [0.2, 0.25) is 0 Å². The van der Waals surface area contributed by atoms with Crippen LogP contribution in [0.25, 0.3) is 11.6 Å². The van der Waals surface area contributed by atoms with Crippen molar-refractivity contribution in [2.75, 3.05) is 0 Å². The van der Waals surface area contributed by atoms with Crippen molar-refractivity contribution in [1.82, 2.24) is 4.98 Å². The van der Waals surface area contributed by atoms with Crippen LogP contribution in [0.5, 0.6) is 0 Å². The van der Waals surface area contributed by atoms with E-state index in [1.165, 1.54) is 5.57 Å². The second kappa shape index (κ2) is 4.61. The van der Waals surface area contributed by atoms with E-state index in [1.54, 1.807) is 0 Å². The Kier molecular flexibility index (Phi) is 3.44. The molecule has 0 radical (unpaired) electrons. The molecule has 0 saturated heterocycles. The van der Waals surface area contributed by atoms with Crippen molar-refractivity contribution in [3.8, 4) is 0 Å². The smallest absolute Gasteiger partial charge is 0.0730 e. The highest BCUT2D eigenvalue weighted by Crippen LogP contribution is 2.19. The van der Waals surface area contributed by atoms with Gasteiger partial charge in [-0.1, -0.05) is 31.7 Å². The quantitative estimate of drug-likeness (QED) is 0.681. The molecule has 0 aliphatic heterocycles. The fourth-order valence-corrected chi connectivity index (χ4v) is 1.36. The van der Waals surface area contributed by atoms with Crippen LogP contribution in [-0.4, -0.2) is 4.98 Å². The zero-order valence-corrected chi connectivity index (χ0v) is 8.25. The van der Waals surface area contributed by atoms with Gasteiger partial charge >= 0.3 is 0 Å². The third-order valence-electron chi connectivity index (χ3n) is 2.09. The number of allylic oxidation sites excluding steroid dienone is 2. The normalized spacial score (nSPS) is 11.4. The molecule has 0 fully saturated rings. The molecule has 0 saturated carbocycles. The molecule has 1 heteroatoms. The fraction of sp³-hybridized carbons (Fsp3) is 0.250. The molecule has 0 spiro atoms. The standard InChI is InChI=1S/C12H15N/c1-4-10(5-2)12-11(6-3)8-7-9-13-12/h4,6-9H,3,5H2,1-2H3/b10-4-. The molecular weight excluding hydrogens is 158 g/mol. The molecule has 1 aromatic heterocycles. The predicted octanol–water partition coefficient (Wildman–Crippen LogP) is 3.54. The van der Waals surface area contributed by atoms with Crippen molar-refractivity contribution in [3.63, 3.8) is 0 Å². The molecule has 0 N–H and O–H groups in total. The van der Waals surface area contributed by atoms with Gasteiger partial charge in [-0.3, -0.25) is 4.98 Å². The summed E-state index contributed by atoms with van der Waals surface area (Å²) in [6.45, 7) is 7.95. The average Bonchev–Trinajstić information content (AvgIpc) is 2.20. The number of hydrogen-bond acceptors (Lipinski definition) is 1. The van der Waals surface area contributed by atoms with Gasteiger partial charge in [0.1, 0.15) is 0 Å². The third-order valence-corrected chi connectivity index (χ3v) is 2.09. The summed E-state index contributed by atoms with van der Waals surface area (Å²) in [5, 5.41) is 0. The summed E-state index contributed by atoms with van der Waals surface area (Å²) in [7, 11) is 0. The first kappa shape index (κ1) is 9.72. The van der Waals surface area contributed by atoms with Crippen LogP contribution in [0, 0.1) is 0 Å². The van der Waals surface area contributed by atoms with E-state index in [1.807, 2.05) is 31.3 Å². The van der Waals surface area contributed by atoms with Crippen LogP contribution < -0.4 is 0 Å². The molecule has 0 atom stereocenters. The largest absolute Gasteiger partial charge is 0.256 e. The topological polar surface area (TPSA) is 12.9 Å². The Morgan fingerprint density at radius 3 is 2.92 bits per heavy atom. The third kappa shape index (κ3) is 2.05. The number of pyridine rings is 1. The molecule has 0 amide bonds. The summed E-state index contributed by atoms with van der Waals surface area (Å²) in [4.78, 5) is 4.35. The van der Waals surface area contributed by atoms with Crippen molar-refractivity contribution in [2.45, 2.75) is 20.3 Å². The van der Waals surface area contributed by atoms with Gasteiger partial charge < -0.3 is 0 Å². The molecule has 68 valence electrons. The van der Waals surface area contributed by atoms with Gasteiger partial charge in [-0.2, -0.15) is 0 Å². The van der Waals surface area contributed by atoms with Gasteiger partial charge in [-0.15, -0.1) is 0 Å². The van der Waals surface area contributed by atoms with E-state index in [4.69, 9.17) is 0 Å². The van der Waals surface area contributed by atoms with Gasteiger partial charge in [-0.25, -0.2) is 0 Å². The fourth-order valence-electron chi connectivity index (χ4n) is 1.36. The van der Waals surface area contributed by atoms with Crippen molar-refractivity contribution < 1.29 is 0 Å². The van der Waals surface area contributed by atoms with E-state index in [0.717, 1.165) is 17.7 Å². The molecule has 1 heterocycles. The first-order chi connectivity index (χ1) is 6.33. The first-order valence-electron chi connectivity index (χ1n) is 4.56. The lowest BCUT2D eigenvalue weighted by Gasteiger charge is -2.06. The van der Waals surface area contributed by atoms with E-state index in [9.17, 15) is 0 Å². The lowest BCUT2D eigenvalue weighted by molar-refractivity contribution is 1.16. The Morgan fingerprint density at radius 1 is 1.62 bits per heavy atom. The zero-order chi connectivity index (χ0) is 9.68. The van der Waals surface area contributed by atoms with Crippen LogP contribution in [-0.2, 0) is 0 Å². The molecule has 0 aliphatic carbocycles. The van der Waals surface area contributed by atoms with Gasteiger partial charge in [0.25, 0.3) is 0 Å². The second-order valence-electron chi connectivity index (χ2n) is 2.81. The Bertz CT molecular complexity index is 324. The minimum Gasteiger partial charge on any atom is -0.256 e. The summed E-state index contributed by atoms with van der Waals surface area (Å²) >= 11 is 0. The van der Waals surface area contributed by atoms with Crippen LogP contribution in [0.4, 0.5) is 0 Å². The summed E-state index contributed by atoms with van der Waals surface area (Å²) in [6.07, 6.45) is 6.78. The maximum atomic E-state index is 4.35. The van der Waals surface area contributed by atoms with Crippen LogP contribution in [0.2, 0.25) is 0 Å². The Morgan fingerprint density at radius 2 is 2.38 bits per heavy atom. The Balaban J connectivity index is 3.19. The van der Waals surface area contributed by atoms with Crippen LogP contribution >= 0.6 is 0 Å². The van der Waals surface area contributed by atoms with Crippen molar-refractivity contribution in [3.05, 3.63) is 42.2 Å². The molecule has 0 aliphatic rings. The molecule has 0 unspecified atom stereocenters. The van der Waals surface area contributed by atoms with Crippen LogP contribution in [0.1, 0.15) is 31.5 Å². The summed E-state index contributed by atoms with van der Waals surface area (Å²) in [5.74, 6) is 0. The average molecular weight is 173 g/mol. The monoisotopic (exact) mass is 173 g/mol. The van der Waals surface area contributed by atoms with E-state index < -0.39 is 0 Å². The number of hydrogen-bond donors (Lipinski definition) is 0. The maximum Gasteiger partial charge on any atom is 0.0730 e. The van der Waals surface area contributed by atoms with Gasteiger partial charge in [0.15, 0.2) is 0 Å². The van der Waals surface area contributed by atoms with Gasteiger partial charge in [0.05, 0.1) is 5.69 Å². The van der Waals surface area contributed by atoms with Crippen LogP contribution in [0.3, 0.4) is 0 Å². The van der Waals surface area contributed by atoms with Crippen molar-refractivity contribution >= 4 is 11.6 Å². The van der Waals surface area contributed by atoms with Crippen molar-refractivity contribution in [1.29, 1.82) is 0 Å². The minimum absolute atomic E-state index is 1.01. The van der Waals surface area contributed by atoms with E-state index in [-0.39, 0.29) is 0 Å². The second-order valence-corrected chi connectivity index (χ2v) is 2.81. The highest BCUT2D eigenvalue weighted by molar-refractivity contribution is 5.70. The number of nitrogens with zero attached hydrogens (tertiary/aromatic N) is 1. The Labute approximate surface area is 79.8 Å². The van der Waals surface area contributed by atoms with Gasteiger partial charge in [-0.05, 0) is 30.5 Å². The SMILES string of the molecule is C=Cc1cccnc1/C(=C\C)CC. The summed E-state index contributed by atoms with van der Waals surface area (Å²) in [5.41, 5.74) is 3.44. The highest BCUT2D eigenvalue weighted by atomic mass is 14.7. The predicted molar refractivity (Wildman–Crippen MR) is 58.3 cm³/mol. The maximum absolute atomic E-state index is 4.35. The molecule has 1 nitrogen and oxygen atoms in total. The first-order valence-corrected chi connectivity index (χ1v) is 4.56. The molecular formula is C12H15N. The lowest BCUT2D eigenvalue weighted by Crippen LogP contribution is -1.91. The van der Waals surface area contributed by atoms with E-state index in [2.05, 4.69) is 24.6 Å². The van der Waals surface area contributed by atoms with Crippen LogP contribution in [0.15, 0.2) is 31.0 Å². The minimum atomic E-state index is 1.01. The highest BCUT2D eigenvalue weighted by Gasteiger charge is 2.02. The molecule has 0 aromatic carbocycles. The lowest BCUT2D eigenvalue weighted by atomic mass is 10.0. The van der Waals surface area contributed by atoms with E-state index in [0.29, 0.717) is 0 Å². The zero-order valence-electron chi connectivity index (χ0n) is 8.25. The Hall–Kier alpha value is -1.37. The summed E-state index contributed by atoms with van der Waals surface area (Å²) in [6, 6.07) is 3.97. The number of rotatable bonds is 3. The number of aromatic nitrogens is 1. The molecule has 1 rings (SSSR count).